The first kappa shape index (κ1) is 25.4. The van der Waals surface area contributed by atoms with Crippen molar-refractivity contribution in [3.05, 3.63) is 77.2 Å². The van der Waals surface area contributed by atoms with Gasteiger partial charge in [0.1, 0.15) is 17.0 Å². The number of carboxylic acid groups (broad SMARTS) is 1. The summed E-state index contributed by atoms with van der Waals surface area (Å²) in [5, 5.41) is 10.4. The highest BCUT2D eigenvalue weighted by atomic mass is 16.4. The van der Waals surface area contributed by atoms with Gasteiger partial charge in [0.25, 0.3) is 5.91 Å². The van der Waals surface area contributed by atoms with Crippen molar-refractivity contribution in [3.8, 4) is 11.1 Å². The average molecular weight is 513 g/mol. The standard InChI is InChI=1S/C29H32N6O3/c1-33(2)28(36)20-6-4-18(5-7-20)19-9-12-35(13-10-19)17-22-15-24-23(8-11-31-27(24)34(22)3)21-14-25(29(37)38)26(30)32-16-21/h4-8,11,14-16,19H,9-10,12-13,17H2,1-3H3,(H2,30,32)(H,37,38). The van der Waals surface area contributed by atoms with Crippen LogP contribution < -0.4 is 5.73 Å². The van der Waals surface area contributed by atoms with Crippen molar-refractivity contribution in [2.24, 2.45) is 7.05 Å². The van der Waals surface area contributed by atoms with Gasteiger partial charge in [-0.25, -0.2) is 14.8 Å². The number of piperidine rings is 1. The Morgan fingerprint density at radius 3 is 2.45 bits per heavy atom. The SMILES string of the molecule is CN(C)C(=O)c1ccc(C2CCN(Cc3cc4c(-c5cnc(N)c(C(=O)O)c5)ccnc4n3C)CC2)cc1. The van der Waals surface area contributed by atoms with Crippen LogP contribution in [0, 0.1) is 0 Å². The second-order valence-electron chi connectivity index (χ2n) is 10.1. The molecule has 0 unspecified atom stereocenters. The summed E-state index contributed by atoms with van der Waals surface area (Å²) in [4.78, 5) is 36.5. The predicted octanol–water partition coefficient (Wildman–Crippen LogP) is 4.00. The number of hydrogen-bond donors (Lipinski definition) is 2. The number of likely N-dealkylation sites (tertiary alicyclic amines) is 1. The van der Waals surface area contributed by atoms with Crippen LogP contribution in [0.4, 0.5) is 5.82 Å². The number of benzene rings is 1. The highest BCUT2D eigenvalue weighted by molar-refractivity contribution is 5.98. The second-order valence-corrected chi connectivity index (χ2v) is 10.1. The van der Waals surface area contributed by atoms with Crippen LogP contribution in [0.2, 0.25) is 0 Å². The maximum absolute atomic E-state index is 12.2. The van der Waals surface area contributed by atoms with Crippen molar-refractivity contribution < 1.29 is 14.7 Å². The fourth-order valence-electron chi connectivity index (χ4n) is 5.28. The van der Waals surface area contributed by atoms with Crippen LogP contribution in [-0.2, 0) is 13.6 Å². The summed E-state index contributed by atoms with van der Waals surface area (Å²) < 4.78 is 2.11. The third kappa shape index (κ3) is 4.84. The minimum atomic E-state index is -1.10. The number of nitrogens with two attached hydrogens (primary N) is 1. The summed E-state index contributed by atoms with van der Waals surface area (Å²) in [6, 6.07) is 13.6. The fraction of sp³-hybridized carbons (Fsp3) is 0.310. The van der Waals surface area contributed by atoms with Gasteiger partial charge < -0.3 is 20.3 Å². The van der Waals surface area contributed by atoms with Crippen LogP contribution in [-0.4, -0.2) is 68.5 Å². The van der Waals surface area contributed by atoms with Gasteiger partial charge in [0.2, 0.25) is 0 Å². The first-order chi connectivity index (χ1) is 18.2. The Morgan fingerprint density at radius 1 is 1.08 bits per heavy atom. The van der Waals surface area contributed by atoms with Crippen LogP contribution in [0.3, 0.4) is 0 Å². The first-order valence-corrected chi connectivity index (χ1v) is 12.7. The van der Waals surface area contributed by atoms with E-state index in [0.717, 1.165) is 54.8 Å². The zero-order valence-electron chi connectivity index (χ0n) is 21.9. The highest BCUT2D eigenvalue weighted by Gasteiger charge is 2.23. The van der Waals surface area contributed by atoms with E-state index in [1.54, 1.807) is 37.5 Å². The molecule has 9 heteroatoms. The van der Waals surface area contributed by atoms with E-state index >= 15 is 0 Å². The molecule has 3 aromatic heterocycles. The third-order valence-corrected chi connectivity index (χ3v) is 7.50. The number of anilines is 1. The Labute approximate surface area is 221 Å². The normalized spacial score (nSPS) is 14.6. The number of aryl methyl sites for hydroxylation is 1. The summed E-state index contributed by atoms with van der Waals surface area (Å²) in [5.41, 5.74) is 11.3. The van der Waals surface area contributed by atoms with Crippen LogP contribution >= 0.6 is 0 Å². The number of hydrogen-bond acceptors (Lipinski definition) is 6. The molecule has 9 nitrogen and oxygen atoms in total. The summed E-state index contributed by atoms with van der Waals surface area (Å²) in [6.07, 6.45) is 5.46. The van der Waals surface area contributed by atoms with E-state index in [0.29, 0.717) is 17.0 Å². The molecule has 5 rings (SSSR count). The summed E-state index contributed by atoms with van der Waals surface area (Å²) in [7, 11) is 5.55. The van der Waals surface area contributed by atoms with Crippen molar-refractivity contribution >= 4 is 28.7 Å². The third-order valence-electron chi connectivity index (χ3n) is 7.50. The number of aromatic nitrogens is 3. The predicted molar refractivity (Wildman–Crippen MR) is 147 cm³/mol. The molecule has 0 atom stereocenters. The first-order valence-electron chi connectivity index (χ1n) is 12.7. The average Bonchev–Trinajstić information content (AvgIpc) is 3.24. The van der Waals surface area contributed by atoms with Gasteiger partial charge in [0.05, 0.1) is 0 Å². The molecule has 1 aliphatic rings. The van der Waals surface area contributed by atoms with Gasteiger partial charge in [-0.15, -0.1) is 0 Å². The molecule has 0 aliphatic carbocycles. The van der Waals surface area contributed by atoms with E-state index in [-0.39, 0.29) is 17.3 Å². The molecule has 0 bridgehead atoms. The van der Waals surface area contributed by atoms with Gasteiger partial charge >= 0.3 is 5.97 Å². The molecular weight excluding hydrogens is 480 g/mol. The lowest BCUT2D eigenvalue weighted by atomic mass is 9.89. The Balaban J connectivity index is 1.31. The molecule has 1 aromatic carbocycles. The lowest BCUT2D eigenvalue weighted by Crippen LogP contribution is -2.33. The number of pyridine rings is 2. The molecule has 1 fully saturated rings. The molecule has 4 heterocycles. The van der Waals surface area contributed by atoms with Gasteiger partial charge in [-0.3, -0.25) is 9.69 Å². The van der Waals surface area contributed by atoms with Crippen LogP contribution in [0.1, 0.15) is 50.7 Å². The largest absolute Gasteiger partial charge is 0.478 e. The molecule has 0 spiro atoms. The number of carbonyl (C=O) groups excluding carboxylic acids is 1. The number of nitrogen functional groups attached to an aromatic ring is 1. The quantitative estimate of drug-likeness (QED) is 0.401. The number of carbonyl (C=O) groups is 2. The van der Waals surface area contributed by atoms with E-state index in [9.17, 15) is 14.7 Å². The Hall–Kier alpha value is -4.24. The van der Waals surface area contributed by atoms with Gasteiger partial charge in [-0.2, -0.15) is 0 Å². The second kappa shape index (κ2) is 10.3. The van der Waals surface area contributed by atoms with E-state index in [1.165, 1.54) is 5.56 Å². The minimum Gasteiger partial charge on any atom is -0.478 e. The van der Waals surface area contributed by atoms with E-state index in [1.807, 2.05) is 25.2 Å². The number of carboxylic acids is 1. The number of amides is 1. The van der Waals surface area contributed by atoms with Crippen molar-refractivity contribution in [1.29, 1.82) is 0 Å². The van der Waals surface area contributed by atoms with Crippen LogP contribution in [0.15, 0.2) is 54.9 Å². The molecular formula is C29H32N6O3. The van der Waals surface area contributed by atoms with Crippen LogP contribution in [0.5, 0.6) is 0 Å². The van der Waals surface area contributed by atoms with Crippen molar-refractivity contribution in [2.45, 2.75) is 25.3 Å². The molecule has 0 saturated carbocycles. The zero-order valence-corrected chi connectivity index (χ0v) is 21.9. The van der Waals surface area contributed by atoms with Crippen molar-refractivity contribution in [2.75, 3.05) is 32.9 Å². The minimum absolute atomic E-state index is 0.00157. The number of nitrogens with zero attached hydrogens (tertiary/aromatic N) is 5. The van der Waals surface area contributed by atoms with Gasteiger partial charge in [-0.1, -0.05) is 12.1 Å². The maximum Gasteiger partial charge on any atom is 0.339 e. The summed E-state index contributed by atoms with van der Waals surface area (Å²) >= 11 is 0. The zero-order chi connectivity index (χ0) is 27.0. The smallest absolute Gasteiger partial charge is 0.339 e. The summed E-state index contributed by atoms with van der Waals surface area (Å²) in [6.45, 7) is 2.76. The number of rotatable bonds is 6. The molecule has 1 aliphatic heterocycles. The van der Waals surface area contributed by atoms with Crippen molar-refractivity contribution in [3.63, 3.8) is 0 Å². The topological polar surface area (TPSA) is 118 Å². The molecule has 1 saturated heterocycles. The number of fused-ring (bicyclic) bond motifs is 1. The molecule has 0 radical (unpaired) electrons. The monoisotopic (exact) mass is 512 g/mol. The lowest BCUT2D eigenvalue weighted by Gasteiger charge is -2.32. The molecule has 196 valence electrons. The van der Waals surface area contributed by atoms with Gasteiger partial charge in [0, 0.05) is 62.3 Å². The fourth-order valence-corrected chi connectivity index (χ4v) is 5.28. The molecule has 4 aromatic rings. The highest BCUT2D eigenvalue weighted by Crippen LogP contribution is 2.33. The molecule has 3 N–H and O–H groups in total. The lowest BCUT2D eigenvalue weighted by molar-refractivity contribution is 0.0697. The van der Waals surface area contributed by atoms with E-state index in [2.05, 4.69) is 37.6 Å². The van der Waals surface area contributed by atoms with Crippen molar-refractivity contribution in [1.82, 2.24) is 24.3 Å². The Kier molecular flexibility index (Phi) is 6.86. The molecule has 38 heavy (non-hydrogen) atoms. The van der Waals surface area contributed by atoms with Gasteiger partial charge in [-0.05, 0) is 73.3 Å². The summed E-state index contributed by atoms with van der Waals surface area (Å²) in [5.74, 6) is -0.593. The number of aromatic carboxylic acids is 1. The van der Waals surface area contributed by atoms with E-state index < -0.39 is 5.97 Å². The molecule has 1 amide bonds. The Bertz CT molecular complexity index is 1500. The maximum atomic E-state index is 12.2. The van der Waals surface area contributed by atoms with Crippen LogP contribution in [0.25, 0.3) is 22.2 Å². The van der Waals surface area contributed by atoms with Gasteiger partial charge in [0.15, 0.2) is 0 Å². The van der Waals surface area contributed by atoms with E-state index in [4.69, 9.17) is 5.73 Å². The Morgan fingerprint density at radius 2 is 1.79 bits per heavy atom.